The Morgan fingerprint density at radius 3 is 2.33 bits per heavy atom. The second kappa shape index (κ2) is 5.28. The molecule has 0 aliphatic heterocycles. The van der Waals surface area contributed by atoms with E-state index in [0.717, 1.165) is 4.47 Å². The lowest BCUT2D eigenvalue weighted by Gasteiger charge is -2.22. The van der Waals surface area contributed by atoms with Crippen molar-refractivity contribution in [1.82, 2.24) is 4.72 Å². The van der Waals surface area contributed by atoms with Gasteiger partial charge in [0.15, 0.2) is 0 Å². The molecule has 0 radical (unpaired) electrons. The Balaban J connectivity index is 3.19. The zero-order valence-electron chi connectivity index (χ0n) is 9.70. The zero-order valence-corrected chi connectivity index (χ0v) is 13.7. The number of benzene rings is 1. The van der Waals surface area contributed by atoms with Crippen molar-refractivity contribution in [2.45, 2.75) is 24.3 Å². The van der Waals surface area contributed by atoms with Gasteiger partial charge in [-0.2, -0.15) is 4.72 Å². The summed E-state index contributed by atoms with van der Waals surface area (Å²) >= 11 is 6.39. The highest BCUT2D eigenvalue weighted by Crippen LogP contribution is 2.26. The van der Waals surface area contributed by atoms with Gasteiger partial charge in [-0.15, -0.1) is 0 Å². The van der Waals surface area contributed by atoms with E-state index >= 15 is 0 Å². The summed E-state index contributed by atoms with van der Waals surface area (Å²) in [4.78, 5) is 11.2. The maximum absolute atomic E-state index is 12.1. The maximum atomic E-state index is 12.1. The van der Waals surface area contributed by atoms with Gasteiger partial charge in [0.05, 0.1) is 4.90 Å². The van der Waals surface area contributed by atoms with Crippen molar-refractivity contribution in [3.05, 3.63) is 27.1 Å². The highest BCUT2D eigenvalue weighted by molar-refractivity contribution is 9.11. The molecule has 0 aliphatic rings. The van der Waals surface area contributed by atoms with E-state index in [1.807, 2.05) is 0 Å². The van der Waals surface area contributed by atoms with E-state index in [1.165, 1.54) is 19.9 Å². The zero-order chi connectivity index (χ0) is 14.1. The summed E-state index contributed by atoms with van der Waals surface area (Å²) in [5, 5.41) is 0. The van der Waals surface area contributed by atoms with Crippen LogP contribution in [0.1, 0.15) is 13.8 Å². The van der Waals surface area contributed by atoms with Gasteiger partial charge in [0.2, 0.25) is 15.9 Å². The van der Waals surface area contributed by atoms with Crippen LogP contribution < -0.4 is 10.5 Å². The smallest absolute Gasteiger partial charge is 0.242 e. The van der Waals surface area contributed by atoms with Crippen molar-refractivity contribution < 1.29 is 13.2 Å². The molecule has 3 N–H and O–H groups in total. The van der Waals surface area contributed by atoms with Crippen LogP contribution in [0, 0.1) is 0 Å². The summed E-state index contributed by atoms with van der Waals surface area (Å²) in [6, 6.07) is 4.62. The Hall–Kier alpha value is -0.440. The van der Waals surface area contributed by atoms with Crippen molar-refractivity contribution in [1.29, 1.82) is 0 Å². The molecular weight excluding hydrogens is 388 g/mol. The third kappa shape index (κ3) is 3.53. The first kappa shape index (κ1) is 15.6. The highest BCUT2D eigenvalue weighted by Gasteiger charge is 2.32. The largest absolute Gasteiger partial charge is 0.368 e. The SMILES string of the molecule is CC(C)(NS(=O)(=O)c1ccc(Br)cc1Br)C(N)=O. The van der Waals surface area contributed by atoms with Crippen LogP contribution in [0.4, 0.5) is 0 Å². The van der Waals surface area contributed by atoms with Gasteiger partial charge in [0.25, 0.3) is 0 Å². The van der Waals surface area contributed by atoms with Gasteiger partial charge in [-0.05, 0) is 48.0 Å². The molecule has 0 bridgehead atoms. The molecule has 1 amide bonds. The van der Waals surface area contributed by atoms with Crippen LogP contribution in [-0.4, -0.2) is 19.9 Å². The number of nitrogens with two attached hydrogens (primary N) is 1. The summed E-state index contributed by atoms with van der Waals surface area (Å²) in [5.41, 5.74) is 3.78. The number of hydrogen-bond acceptors (Lipinski definition) is 3. The van der Waals surface area contributed by atoms with Gasteiger partial charge in [0.1, 0.15) is 5.54 Å². The average molecular weight is 400 g/mol. The van der Waals surface area contributed by atoms with Crippen molar-refractivity contribution in [2.24, 2.45) is 5.73 Å². The van der Waals surface area contributed by atoms with Crippen molar-refractivity contribution in [2.75, 3.05) is 0 Å². The van der Waals surface area contributed by atoms with Crippen LogP contribution in [0.25, 0.3) is 0 Å². The Bertz CT molecular complexity index is 585. The fourth-order valence-electron chi connectivity index (χ4n) is 1.13. The minimum absolute atomic E-state index is 0.0417. The fraction of sp³-hybridized carbons (Fsp3) is 0.300. The molecule has 18 heavy (non-hydrogen) atoms. The van der Waals surface area contributed by atoms with E-state index in [-0.39, 0.29) is 4.90 Å². The van der Waals surface area contributed by atoms with Crippen molar-refractivity contribution in [3.8, 4) is 0 Å². The number of carbonyl (C=O) groups excluding carboxylic acids is 1. The van der Waals surface area contributed by atoms with Crippen LogP contribution in [-0.2, 0) is 14.8 Å². The molecule has 0 unspecified atom stereocenters. The number of carbonyl (C=O) groups is 1. The molecule has 0 saturated carbocycles. The van der Waals surface area contributed by atoms with Crippen molar-refractivity contribution >= 4 is 47.8 Å². The predicted molar refractivity (Wildman–Crippen MR) is 75.4 cm³/mol. The molecule has 0 fully saturated rings. The maximum Gasteiger partial charge on any atom is 0.242 e. The van der Waals surface area contributed by atoms with Crippen LogP contribution in [0.15, 0.2) is 32.0 Å². The molecule has 1 rings (SSSR count). The minimum Gasteiger partial charge on any atom is -0.368 e. The summed E-state index contributed by atoms with van der Waals surface area (Å²) in [6.07, 6.45) is 0. The van der Waals surface area contributed by atoms with E-state index < -0.39 is 21.5 Å². The van der Waals surface area contributed by atoms with E-state index in [2.05, 4.69) is 36.6 Å². The normalized spacial score (nSPS) is 12.4. The number of rotatable bonds is 4. The Morgan fingerprint density at radius 2 is 1.89 bits per heavy atom. The van der Waals surface area contributed by atoms with E-state index in [1.54, 1.807) is 12.1 Å². The second-order valence-corrected chi connectivity index (χ2v) is 7.59. The number of hydrogen-bond donors (Lipinski definition) is 2. The average Bonchev–Trinajstić information content (AvgIpc) is 2.14. The number of halogens is 2. The fourth-order valence-corrected chi connectivity index (χ4v) is 4.27. The summed E-state index contributed by atoms with van der Waals surface area (Å²) in [6.45, 7) is 2.80. The van der Waals surface area contributed by atoms with E-state index in [9.17, 15) is 13.2 Å². The molecule has 0 aromatic heterocycles. The molecule has 0 saturated heterocycles. The summed E-state index contributed by atoms with van der Waals surface area (Å²) in [7, 11) is -3.83. The molecule has 0 atom stereocenters. The first-order valence-corrected chi connectivity index (χ1v) is 7.92. The van der Waals surface area contributed by atoms with Crippen LogP contribution in [0.5, 0.6) is 0 Å². The minimum atomic E-state index is -3.83. The Kier molecular flexibility index (Phi) is 4.58. The van der Waals surface area contributed by atoms with Gasteiger partial charge >= 0.3 is 0 Å². The predicted octanol–water partition coefficient (Wildman–Crippen LogP) is 1.75. The molecular formula is C10H12Br2N2O3S. The van der Waals surface area contributed by atoms with E-state index in [0.29, 0.717) is 4.47 Å². The first-order chi connectivity index (χ1) is 8.06. The second-order valence-electron chi connectivity index (χ2n) is 4.17. The van der Waals surface area contributed by atoms with E-state index in [4.69, 9.17) is 5.73 Å². The molecule has 0 spiro atoms. The molecule has 5 nitrogen and oxygen atoms in total. The number of sulfonamides is 1. The molecule has 1 aromatic rings. The quantitative estimate of drug-likeness (QED) is 0.808. The van der Waals surface area contributed by atoms with Crippen LogP contribution in [0.2, 0.25) is 0 Å². The highest BCUT2D eigenvalue weighted by atomic mass is 79.9. The molecule has 1 aromatic carbocycles. The van der Waals surface area contributed by atoms with Gasteiger partial charge in [-0.3, -0.25) is 4.79 Å². The standard InChI is InChI=1S/C10H12Br2N2O3S/c1-10(2,9(13)15)14-18(16,17)8-4-3-6(11)5-7(8)12/h3-5,14H,1-2H3,(H2,13,15). The third-order valence-corrected chi connectivity index (χ3v) is 5.31. The van der Waals surface area contributed by atoms with Gasteiger partial charge in [-0.1, -0.05) is 15.9 Å². The summed E-state index contributed by atoms with van der Waals surface area (Å²) < 4.78 is 27.6. The molecule has 0 heterocycles. The summed E-state index contributed by atoms with van der Waals surface area (Å²) in [5.74, 6) is -0.751. The first-order valence-electron chi connectivity index (χ1n) is 4.85. The van der Waals surface area contributed by atoms with Crippen molar-refractivity contribution in [3.63, 3.8) is 0 Å². The monoisotopic (exact) mass is 398 g/mol. The molecule has 8 heteroatoms. The Labute approximate surface area is 122 Å². The van der Waals surface area contributed by atoms with Crippen LogP contribution >= 0.6 is 31.9 Å². The number of primary amides is 1. The lowest BCUT2D eigenvalue weighted by Crippen LogP contribution is -2.52. The number of nitrogens with one attached hydrogen (secondary N) is 1. The lowest BCUT2D eigenvalue weighted by atomic mass is 10.1. The van der Waals surface area contributed by atoms with Crippen LogP contribution in [0.3, 0.4) is 0 Å². The number of amides is 1. The Morgan fingerprint density at radius 1 is 1.33 bits per heavy atom. The lowest BCUT2D eigenvalue weighted by molar-refractivity contribution is -0.122. The van der Waals surface area contributed by atoms with Gasteiger partial charge < -0.3 is 5.73 Å². The molecule has 0 aliphatic carbocycles. The van der Waals surface area contributed by atoms with Gasteiger partial charge in [0, 0.05) is 8.95 Å². The topological polar surface area (TPSA) is 89.3 Å². The van der Waals surface area contributed by atoms with Gasteiger partial charge in [-0.25, -0.2) is 8.42 Å². The molecule has 100 valence electrons. The third-order valence-electron chi connectivity index (χ3n) is 2.19.